The lowest BCUT2D eigenvalue weighted by Crippen LogP contribution is -1.98. The van der Waals surface area contributed by atoms with Gasteiger partial charge < -0.3 is 9.47 Å². The summed E-state index contributed by atoms with van der Waals surface area (Å²) in [7, 11) is 1.63. The predicted molar refractivity (Wildman–Crippen MR) is 63.2 cm³/mol. The molecule has 0 spiro atoms. The Morgan fingerprint density at radius 3 is 1.86 bits per heavy atom. The topological polar surface area (TPSA) is 18.5 Å². The van der Waals surface area contributed by atoms with Crippen LogP contribution in [0.25, 0.3) is 0 Å². The maximum Gasteiger partial charge on any atom is 0.164 e. The highest BCUT2D eigenvalue weighted by Gasteiger charge is 1.94. The molecule has 0 saturated carbocycles. The van der Waals surface area contributed by atoms with Crippen LogP contribution in [0.5, 0.6) is 11.5 Å². The summed E-state index contributed by atoms with van der Waals surface area (Å²) in [6.07, 6.45) is 0. The second kappa shape index (κ2) is 7.33. The Kier molecular flexibility index (Phi) is 6.76. The minimum atomic E-state index is 0.514. The third kappa shape index (κ3) is 4.82. The van der Waals surface area contributed by atoms with Crippen molar-refractivity contribution in [3.05, 3.63) is 24.3 Å². The van der Waals surface area contributed by atoms with Crippen molar-refractivity contribution >= 4 is 17.3 Å². The van der Waals surface area contributed by atoms with Crippen molar-refractivity contribution in [2.45, 2.75) is 20.8 Å². The smallest absolute Gasteiger partial charge is 0.164 e. The zero-order valence-electron chi connectivity index (χ0n) is 9.03. The van der Waals surface area contributed by atoms with Gasteiger partial charge >= 0.3 is 0 Å². The zero-order chi connectivity index (χ0) is 11.0. The molecule has 0 N–H and O–H groups in total. The molecule has 14 heavy (non-hydrogen) atoms. The molecule has 3 heteroatoms. The van der Waals surface area contributed by atoms with Gasteiger partial charge in [-0.15, -0.1) is 0 Å². The van der Waals surface area contributed by atoms with Crippen LogP contribution in [0.2, 0.25) is 0 Å². The summed E-state index contributed by atoms with van der Waals surface area (Å²) >= 11 is 4.79. The third-order valence-electron chi connectivity index (χ3n) is 1.32. The van der Waals surface area contributed by atoms with E-state index in [4.69, 9.17) is 21.7 Å². The molecule has 0 saturated heterocycles. The van der Waals surface area contributed by atoms with Crippen LogP contribution in [0.15, 0.2) is 24.3 Å². The van der Waals surface area contributed by atoms with Crippen LogP contribution in [0.4, 0.5) is 0 Å². The molecule has 0 aliphatic carbocycles. The number of hydrogen-bond acceptors (Lipinski definition) is 3. The molecule has 0 aromatic heterocycles. The molecule has 0 radical (unpaired) electrons. The van der Waals surface area contributed by atoms with E-state index in [9.17, 15) is 0 Å². The summed E-state index contributed by atoms with van der Waals surface area (Å²) in [5.41, 5.74) is 0. The molecule has 1 aromatic carbocycles. The largest absolute Gasteiger partial charge is 0.497 e. The number of benzene rings is 1. The van der Waals surface area contributed by atoms with Gasteiger partial charge in [-0.25, -0.2) is 0 Å². The first-order valence-electron chi connectivity index (χ1n) is 4.55. The Morgan fingerprint density at radius 2 is 1.50 bits per heavy atom. The number of thiocarbonyl (C=S) groups is 1. The molecule has 0 unspecified atom stereocenters. The van der Waals surface area contributed by atoms with E-state index < -0.39 is 0 Å². The van der Waals surface area contributed by atoms with Crippen molar-refractivity contribution < 1.29 is 9.47 Å². The van der Waals surface area contributed by atoms with Gasteiger partial charge in [0.1, 0.15) is 11.5 Å². The van der Waals surface area contributed by atoms with Gasteiger partial charge in [-0.05, 0) is 36.5 Å². The minimum Gasteiger partial charge on any atom is -0.497 e. The second-order valence-electron chi connectivity index (χ2n) is 2.27. The predicted octanol–water partition coefficient (Wildman–Crippen LogP) is 3.45. The maximum absolute atomic E-state index is 5.19. The van der Waals surface area contributed by atoms with Gasteiger partial charge in [0.15, 0.2) is 5.05 Å². The first-order chi connectivity index (χ1) is 6.72. The maximum atomic E-state index is 5.19. The SMILES string of the molecule is CC.COc1ccc(OC(C)=S)cc1. The molecule has 0 fully saturated rings. The minimum absolute atomic E-state index is 0.514. The van der Waals surface area contributed by atoms with Crippen molar-refractivity contribution in [1.29, 1.82) is 0 Å². The van der Waals surface area contributed by atoms with Crippen LogP contribution in [-0.4, -0.2) is 12.2 Å². The van der Waals surface area contributed by atoms with Gasteiger partial charge in [0, 0.05) is 6.92 Å². The number of rotatable bonds is 2. The highest BCUT2D eigenvalue weighted by molar-refractivity contribution is 7.80. The van der Waals surface area contributed by atoms with Crippen LogP contribution >= 0.6 is 12.2 Å². The Morgan fingerprint density at radius 1 is 1.07 bits per heavy atom. The quantitative estimate of drug-likeness (QED) is 0.700. The lowest BCUT2D eigenvalue weighted by Gasteiger charge is -2.03. The summed E-state index contributed by atoms with van der Waals surface area (Å²) in [6.45, 7) is 5.74. The van der Waals surface area contributed by atoms with E-state index in [-0.39, 0.29) is 0 Å². The molecule has 0 aliphatic heterocycles. The van der Waals surface area contributed by atoms with E-state index in [1.165, 1.54) is 0 Å². The fourth-order valence-corrected chi connectivity index (χ4v) is 0.906. The van der Waals surface area contributed by atoms with Crippen LogP contribution in [0, 0.1) is 0 Å². The molecule has 1 rings (SSSR count). The van der Waals surface area contributed by atoms with Gasteiger partial charge in [0.25, 0.3) is 0 Å². The van der Waals surface area contributed by atoms with Crippen LogP contribution in [0.1, 0.15) is 20.8 Å². The molecule has 1 aromatic rings. The zero-order valence-corrected chi connectivity index (χ0v) is 9.85. The summed E-state index contributed by atoms with van der Waals surface area (Å²) in [4.78, 5) is 0. The first-order valence-corrected chi connectivity index (χ1v) is 4.95. The first kappa shape index (κ1) is 12.9. The summed E-state index contributed by atoms with van der Waals surface area (Å²) in [6, 6.07) is 7.28. The number of hydrogen-bond donors (Lipinski definition) is 0. The summed E-state index contributed by atoms with van der Waals surface area (Å²) in [5, 5.41) is 0.514. The molecule has 0 amide bonds. The number of methoxy groups -OCH3 is 1. The fraction of sp³-hybridized carbons (Fsp3) is 0.364. The Bertz CT molecular complexity index is 267. The van der Waals surface area contributed by atoms with Crippen molar-refractivity contribution in [3.8, 4) is 11.5 Å². The molecule has 0 aliphatic rings. The standard InChI is InChI=1S/C9H10O2S.C2H6/c1-7(12)11-9-5-3-8(10-2)4-6-9;1-2/h3-6H,1-2H3;1-2H3. The average molecular weight is 212 g/mol. The fourth-order valence-electron chi connectivity index (χ4n) is 0.810. The summed E-state index contributed by atoms with van der Waals surface area (Å²) < 4.78 is 10.2. The Hall–Kier alpha value is -1.09. The molecule has 0 atom stereocenters. The average Bonchev–Trinajstić information content (AvgIpc) is 2.21. The van der Waals surface area contributed by atoms with E-state index in [1.54, 1.807) is 14.0 Å². The third-order valence-corrected chi connectivity index (χ3v) is 1.40. The Labute approximate surface area is 90.8 Å². The van der Waals surface area contributed by atoms with E-state index in [0.29, 0.717) is 5.05 Å². The monoisotopic (exact) mass is 212 g/mol. The normalized spacial score (nSPS) is 8.29. The van der Waals surface area contributed by atoms with Gasteiger partial charge in [0.2, 0.25) is 0 Å². The molecular formula is C11H16O2S. The van der Waals surface area contributed by atoms with E-state index in [0.717, 1.165) is 11.5 Å². The summed E-state index contributed by atoms with van der Waals surface area (Å²) in [5.74, 6) is 1.55. The van der Waals surface area contributed by atoms with Crippen molar-refractivity contribution in [2.75, 3.05) is 7.11 Å². The molecular weight excluding hydrogens is 196 g/mol. The molecule has 0 bridgehead atoms. The number of ether oxygens (including phenoxy) is 2. The highest BCUT2D eigenvalue weighted by atomic mass is 32.1. The lowest BCUT2D eigenvalue weighted by atomic mass is 10.3. The van der Waals surface area contributed by atoms with Crippen molar-refractivity contribution in [2.24, 2.45) is 0 Å². The van der Waals surface area contributed by atoms with Gasteiger partial charge in [-0.1, -0.05) is 13.8 Å². The van der Waals surface area contributed by atoms with Crippen LogP contribution in [0.3, 0.4) is 0 Å². The van der Waals surface area contributed by atoms with Crippen LogP contribution < -0.4 is 9.47 Å². The molecule has 78 valence electrons. The van der Waals surface area contributed by atoms with E-state index in [1.807, 2.05) is 38.1 Å². The van der Waals surface area contributed by atoms with Crippen molar-refractivity contribution in [3.63, 3.8) is 0 Å². The second-order valence-corrected chi connectivity index (χ2v) is 2.84. The van der Waals surface area contributed by atoms with Crippen molar-refractivity contribution in [1.82, 2.24) is 0 Å². The van der Waals surface area contributed by atoms with Gasteiger partial charge in [-0.2, -0.15) is 0 Å². The highest BCUT2D eigenvalue weighted by Crippen LogP contribution is 2.16. The van der Waals surface area contributed by atoms with E-state index in [2.05, 4.69) is 0 Å². The van der Waals surface area contributed by atoms with Gasteiger partial charge in [0.05, 0.1) is 7.11 Å². The molecule has 2 nitrogen and oxygen atoms in total. The van der Waals surface area contributed by atoms with E-state index >= 15 is 0 Å². The lowest BCUT2D eigenvalue weighted by molar-refractivity contribution is 0.414. The molecule has 0 heterocycles. The van der Waals surface area contributed by atoms with Gasteiger partial charge in [-0.3, -0.25) is 0 Å². The Balaban J connectivity index is 0.000000791. The van der Waals surface area contributed by atoms with Crippen LogP contribution in [-0.2, 0) is 0 Å².